The Balaban J connectivity index is 1.65. The summed E-state index contributed by atoms with van der Waals surface area (Å²) in [7, 11) is 0. The topological polar surface area (TPSA) is 55.2 Å². The van der Waals surface area contributed by atoms with Gasteiger partial charge in [0.05, 0.1) is 18.4 Å². The monoisotopic (exact) mass is 391 g/mol. The second-order valence-electron chi connectivity index (χ2n) is 7.01. The van der Waals surface area contributed by atoms with E-state index < -0.39 is 0 Å². The molecule has 5 nitrogen and oxygen atoms in total. The average Bonchev–Trinajstić information content (AvgIpc) is 3.09. The number of amides is 2. The Kier molecular flexibility index (Phi) is 4.53. The fourth-order valence-corrected chi connectivity index (χ4v) is 4.50. The van der Waals surface area contributed by atoms with Gasteiger partial charge < -0.3 is 0 Å². The molecule has 2 heterocycles. The molecule has 0 radical (unpaired) electrons. The largest absolute Gasteiger partial charge is 0.274 e. The summed E-state index contributed by atoms with van der Waals surface area (Å²) in [5, 5.41) is 5.64. The average molecular weight is 392 g/mol. The van der Waals surface area contributed by atoms with Crippen molar-refractivity contribution in [3.8, 4) is 0 Å². The van der Waals surface area contributed by atoms with E-state index in [0.717, 1.165) is 36.9 Å². The normalized spacial score (nSPS) is 22.8. The van der Waals surface area contributed by atoms with Gasteiger partial charge in [-0.05, 0) is 31.9 Å². The number of nitrogens with zero attached hydrogens (tertiary/aromatic N) is 3. The van der Waals surface area contributed by atoms with Crippen LogP contribution in [0.4, 0.5) is 5.82 Å². The maximum absolute atomic E-state index is 12.8. The molecular weight excluding hydrogens is 373 g/mol. The maximum atomic E-state index is 12.8. The molecule has 7 heteroatoms. The zero-order valence-corrected chi connectivity index (χ0v) is 15.9. The van der Waals surface area contributed by atoms with Crippen LogP contribution in [0.25, 0.3) is 0 Å². The van der Waals surface area contributed by atoms with Gasteiger partial charge in [-0.2, -0.15) is 5.10 Å². The summed E-state index contributed by atoms with van der Waals surface area (Å²) in [5.74, 6) is -0.185. The molecule has 26 heavy (non-hydrogen) atoms. The van der Waals surface area contributed by atoms with E-state index in [1.54, 1.807) is 28.9 Å². The van der Waals surface area contributed by atoms with Crippen LogP contribution in [0.3, 0.4) is 0 Å². The van der Waals surface area contributed by atoms with E-state index in [2.05, 4.69) is 5.10 Å². The number of halogens is 2. The minimum absolute atomic E-state index is 0.111. The first-order valence-corrected chi connectivity index (χ1v) is 9.58. The van der Waals surface area contributed by atoms with Gasteiger partial charge in [0.25, 0.3) is 0 Å². The minimum atomic E-state index is -0.181. The van der Waals surface area contributed by atoms with Crippen molar-refractivity contribution in [3.63, 3.8) is 0 Å². The first-order valence-electron chi connectivity index (χ1n) is 8.82. The molecule has 2 aromatic rings. The quantitative estimate of drug-likeness (QED) is 0.735. The zero-order chi connectivity index (χ0) is 18.4. The van der Waals surface area contributed by atoms with Crippen molar-refractivity contribution in [3.05, 3.63) is 45.6 Å². The van der Waals surface area contributed by atoms with Gasteiger partial charge in [-0.15, -0.1) is 0 Å². The van der Waals surface area contributed by atoms with E-state index in [9.17, 15) is 9.59 Å². The molecule has 0 spiro atoms. The molecule has 0 N–H and O–H groups in total. The van der Waals surface area contributed by atoms with E-state index in [0.29, 0.717) is 22.4 Å². The van der Waals surface area contributed by atoms with Crippen molar-refractivity contribution in [1.29, 1.82) is 0 Å². The van der Waals surface area contributed by atoms with Crippen molar-refractivity contribution < 1.29 is 9.59 Å². The van der Waals surface area contributed by atoms with Gasteiger partial charge in [0.2, 0.25) is 11.8 Å². The Labute approximate surface area is 161 Å². The summed E-state index contributed by atoms with van der Waals surface area (Å²) in [6.07, 6.45) is 3.60. The number of aryl methyl sites for hydroxylation is 1. The number of rotatable bonds is 3. The fourth-order valence-electron chi connectivity index (χ4n) is 3.98. The van der Waals surface area contributed by atoms with Crippen molar-refractivity contribution >= 4 is 40.8 Å². The number of benzene rings is 1. The Morgan fingerprint density at radius 2 is 1.65 bits per heavy atom. The van der Waals surface area contributed by atoms with E-state index in [4.69, 9.17) is 23.2 Å². The lowest BCUT2D eigenvalue weighted by Crippen LogP contribution is -2.31. The second kappa shape index (κ2) is 6.71. The summed E-state index contributed by atoms with van der Waals surface area (Å²) in [4.78, 5) is 26.8. The van der Waals surface area contributed by atoms with E-state index in [-0.39, 0.29) is 23.7 Å². The number of carbonyl (C=O) groups is 2. The van der Waals surface area contributed by atoms with Crippen molar-refractivity contribution in [2.45, 2.75) is 39.2 Å². The summed E-state index contributed by atoms with van der Waals surface area (Å²) in [6.45, 7) is 2.27. The van der Waals surface area contributed by atoms with Crippen LogP contribution in [0, 0.1) is 18.8 Å². The van der Waals surface area contributed by atoms with Crippen molar-refractivity contribution in [2.24, 2.45) is 11.8 Å². The van der Waals surface area contributed by atoms with Gasteiger partial charge in [-0.3, -0.25) is 14.3 Å². The molecule has 1 saturated carbocycles. The molecule has 2 fully saturated rings. The third-order valence-corrected chi connectivity index (χ3v) is 6.12. The maximum Gasteiger partial charge on any atom is 0.238 e. The zero-order valence-electron chi connectivity index (χ0n) is 14.4. The second-order valence-corrected chi connectivity index (χ2v) is 7.83. The third-order valence-electron chi connectivity index (χ3n) is 5.41. The molecule has 0 bridgehead atoms. The van der Waals surface area contributed by atoms with Crippen LogP contribution < -0.4 is 4.90 Å². The Hall–Kier alpha value is -1.85. The lowest BCUT2D eigenvalue weighted by Gasteiger charge is -2.19. The molecule has 2 amide bonds. The number of anilines is 1. The van der Waals surface area contributed by atoms with Gasteiger partial charge in [0.15, 0.2) is 5.82 Å². The highest BCUT2D eigenvalue weighted by molar-refractivity contribution is 6.36. The van der Waals surface area contributed by atoms with Crippen molar-refractivity contribution in [1.82, 2.24) is 9.78 Å². The van der Waals surface area contributed by atoms with Crippen LogP contribution in [-0.2, 0) is 16.1 Å². The van der Waals surface area contributed by atoms with E-state index in [1.807, 2.05) is 6.92 Å². The Morgan fingerprint density at radius 1 is 1.08 bits per heavy atom. The fraction of sp³-hybridized carbons (Fsp3) is 0.421. The number of fused-ring (bicyclic) bond motifs is 1. The van der Waals surface area contributed by atoms with Gasteiger partial charge in [-0.25, -0.2) is 4.90 Å². The molecule has 2 aliphatic rings. The first-order chi connectivity index (χ1) is 12.5. The lowest BCUT2D eigenvalue weighted by atomic mass is 9.81. The van der Waals surface area contributed by atoms with Crippen LogP contribution in [0.2, 0.25) is 10.0 Å². The molecule has 1 aliphatic heterocycles. The van der Waals surface area contributed by atoms with Gasteiger partial charge in [0.1, 0.15) is 0 Å². The van der Waals surface area contributed by atoms with E-state index >= 15 is 0 Å². The van der Waals surface area contributed by atoms with Crippen LogP contribution in [0.1, 0.15) is 36.9 Å². The molecule has 4 rings (SSSR count). The van der Waals surface area contributed by atoms with Gasteiger partial charge in [0, 0.05) is 27.4 Å². The molecule has 1 aliphatic carbocycles. The summed E-state index contributed by atoms with van der Waals surface area (Å²) < 4.78 is 1.73. The van der Waals surface area contributed by atoms with Gasteiger partial charge >= 0.3 is 0 Å². The predicted octanol–water partition coefficient (Wildman–Crippen LogP) is 4.23. The number of hydrogen-bond donors (Lipinski definition) is 0. The predicted molar refractivity (Wildman–Crippen MR) is 100 cm³/mol. The number of carbonyl (C=O) groups excluding carboxylic acids is 2. The number of hydrogen-bond acceptors (Lipinski definition) is 3. The number of imide groups is 1. The van der Waals surface area contributed by atoms with Crippen LogP contribution in [-0.4, -0.2) is 21.6 Å². The Morgan fingerprint density at radius 3 is 2.23 bits per heavy atom. The summed E-state index contributed by atoms with van der Waals surface area (Å²) >= 11 is 12.5. The third kappa shape index (κ3) is 2.83. The van der Waals surface area contributed by atoms with Crippen LogP contribution in [0.5, 0.6) is 0 Å². The van der Waals surface area contributed by atoms with Crippen LogP contribution >= 0.6 is 23.2 Å². The molecule has 2 atom stereocenters. The highest BCUT2D eigenvalue weighted by Gasteiger charge is 2.49. The highest BCUT2D eigenvalue weighted by atomic mass is 35.5. The SMILES string of the molecule is Cc1cc(N2C(=O)[C@H]3CCCC[C@@H]3C2=O)nn1Cc1c(Cl)cccc1Cl. The lowest BCUT2D eigenvalue weighted by molar-refractivity contribution is -0.122. The number of aromatic nitrogens is 2. The minimum Gasteiger partial charge on any atom is -0.274 e. The molecule has 136 valence electrons. The first kappa shape index (κ1) is 17.6. The smallest absolute Gasteiger partial charge is 0.238 e. The van der Waals surface area contributed by atoms with Gasteiger partial charge in [-0.1, -0.05) is 42.1 Å². The summed E-state index contributed by atoms with van der Waals surface area (Å²) in [5.41, 5.74) is 1.60. The molecule has 1 aromatic carbocycles. The molecule has 1 saturated heterocycles. The molecular formula is C19H19Cl2N3O2. The molecule has 0 unspecified atom stereocenters. The molecule has 1 aromatic heterocycles. The van der Waals surface area contributed by atoms with Crippen LogP contribution in [0.15, 0.2) is 24.3 Å². The standard InChI is InChI=1S/C19H19Cl2N3O2/c1-11-9-17(22-23(11)10-14-15(20)7-4-8-16(14)21)24-18(25)12-5-2-3-6-13(12)19(24)26/h4,7-9,12-13H,2-3,5-6,10H2,1H3/t12-,13-/m0/s1. The highest BCUT2D eigenvalue weighted by Crippen LogP contribution is 2.40. The summed E-state index contributed by atoms with van der Waals surface area (Å²) in [6, 6.07) is 7.12. The van der Waals surface area contributed by atoms with E-state index in [1.165, 1.54) is 4.90 Å². The Bertz CT molecular complexity index is 849. The van der Waals surface area contributed by atoms with Crippen molar-refractivity contribution in [2.75, 3.05) is 4.90 Å².